The highest BCUT2D eigenvalue weighted by Gasteiger charge is 2.15. The maximum atomic E-state index is 12.8. The topological polar surface area (TPSA) is 106 Å². The van der Waals surface area contributed by atoms with Crippen molar-refractivity contribution in [1.82, 2.24) is 10.6 Å². The molecule has 0 aliphatic carbocycles. The van der Waals surface area contributed by atoms with E-state index in [0.29, 0.717) is 24.3 Å². The number of halogens is 2. The monoisotopic (exact) mass is 526 g/mol. The molecule has 0 aromatic heterocycles. The van der Waals surface area contributed by atoms with Gasteiger partial charge in [-0.15, -0.1) is 0 Å². The van der Waals surface area contributed by atoms with Gasteiger partial charge in [-0.1, -0.05) is 24.3 Å². The SMILES string of the molecule is COc1ccc(CCOc2ccc(C(=O)NC(=Cc3ccc(OC(F)F)cc3)C(=O)NCCO)cc2)cc1. The number of benzene rings is 3. The van der Waals surface area contributed by atoms with E-state index in [0.717, 1.165) is 11.3 Å². The highest BCUT2D eigenvalue weighted by atomic mass is 19.3. The van der Waals surface area contributed by atoms with Crippen molar-refractivity contribution in [2.24, 2.45) is 0 Å². The van der Waals surface area contributed by atoms with Gasteiger partial charge in [0.1, 0.15) is 22.9 Å². The van der Waals surface area contributed by atoms with Crippen LogP contribution in [0.15, 0.2) is 78.5 Å². The van der Waals surface area contributed by atoms with Crippen LogP contribution in [-0.4, -0.2) is 50.4 Å². The molecule has 0 bridgehead atoms. The molecular weight excluding hydrogens is 498 g/mol. The number of hydrogen-bond acceptors (Lipinski definition) is 6. The summed E-state index contributed by atoms with van der Waals surface area (Å²) in [6.07, 6.45) is 2.08. The van der Waals surface area contributed by atoms with Crippen molar-refractivity contribution in [3.05, 3.63) is 95.2 Å². The van der Waals surface area contributed by atoms with Gasteiger partial charge in [0.15, 0.2) is 0 Å². The fourth-order valence-corrected chi connectivity index (χ4v) is 3.31. The Morgan fingerprint density at radius 1 is 0.921 bits per heavy atom. The Hall–Kier alpha value is -4.44. The van der Waals surface area contributed by atoms with E-state index < -0.39 is 18.4 Å². The van der Waals surface area contributed by atoms with Gasteiger partial charge < -0.3 is 30.0 Å². The van der Waals surface area contributed by atoms with E-state index in [2.05, 4.69) is 15.4 Å². The molecule has 10 heteroatoms. The molecular formula is C28H28F2N2O6. The summed E-state index contributed by atoms with van der Waals surface area (Å²) in [6, 6.07) is 19.7. The zero-order valence-electron chi connectivity index (χ0n) is 20.7. The predicted octanol–water partition coefficient (Wildman–Crippen LogP) is 3.80. The van der Waals surface area contributed by atoms with E-state index in [1.807, 2.05) is 24.3 Å². The Bertz CT molecular complexity index is 1210. The van der Waals surface area contributed by atoms with Gasteiger partial charge in [-0.25, -0.2) is 0 Å². The zero-order chi connectivity index (χ0) is 27.3. The molecule has 0 heterocycles. The largest absolute Gasteiger partial charge is 0.497 e. The third-order valence-corrected chi connectivity index (χ3v) is 5.24. The maximum Gasteiger partial charge on any atom is 0.387 e. The van der Waals surface area contributed by atoms with Crippen LogP contribution in [-0.2, 0) is 11.2 Å². The minimum absolute atomic E-state index is 0.0181. The maximum absolute atomic E-state index is 12.8. The molecule has 0 saturated heterocycles. The molecule has 0 saturated carbocycles. The molecule has 0 aliphatic rings. The fraction of sp³-hybridized carbons (Fsp3) is 0.214. The highest BCUT2D eigenvalue weighted by molar-refractivity contribution is 6.05. The first-order valence-electron chi connectivity index (χ1n) is 11.7. The van der Waals surface area contributed by atoms with Crippen LogP contribution in [0.2, 0.25) is 0 Å². The lowest BCUT2D eigenvalue weighted by atomic mass is 10.1. The molecule has 0 spiro atoms. The number of ether oxygens (including phenoxy) is 3. The molecule has 0 radical (unpaired) electrons. The van der Waals surface area contributed by atoms with Crippen LogP contribution in [0.25, 0.3) is 6.08 Å². The predicted molar refractivity (Wildman–Crippen MR) is 137 cm³/mol. The van der Waals surface area contributed by atoms with E-state index >= 15 is 0 Å². The molecule has 2 amide bonds. The number of aliphatic hydroxyl groups is 1. The van der Waals surface area contributed by atoms with Gasteiger partial charge in [0.25, 0.3) is 11.8 Å². The van der Waals surface area contributed by atoms with Crippen molar-refractivity contribution in [3.63, 3.8) is 0 Å². The summed E-state index contributed by atoms with van der Waals surface area (Å²) in [5.41, 5.74) is 1.75. The van der Waals surface area contributed by atoms with Gasteiger partial charge in [-0.05, 0) is 65.7 Å². The number of methoxy groups -OCH3 is 1. The molecule has 200 valence electrons. The first-order chi connectivity index (χ1) is 18.4. The second-order valence-electron chi connectivity index (χ2n) is 7.91. The Labute approximate surface area is 218 Å². The van der Waals surface area contributed by atoms with E-state index in [9.17, 15) is 18.4 Å². The second kappa shape index (κ2) is 14.3. The van der Waals surface area contributed by atoms with Crippen LogP contribution in [0.1, 0.15) is 21.5 Å². The summed E-state index contributed by atoms with van der Waals surface area (Å²) in [6.45, 7) is -2.82. The number of carbonyl (C=O) groups excluding carboxylic acids is 2. The van der Waals surface area contributed by atoms with Crippen LogP contribution < -0.4 is 24.8 Å². The van der Waals surface area contributed by atoms with E-state index in [-0.39, 0.29) is 30.2 Å². The van der Waals surface area contributed by atoms with Crippen LogP contribution in [0, 0.1) is 0 Å². The van der Waals surface area contributed by atoms with Crippen molar-refractivity contribution in [3.8, 4) is 17.2 Å². The van der Waals surface area contributed by atoms with Gasteiger partial charge >= 0.3 is 6.61 Å². The fourth-order valence-electron chi connectivity index (χ4n) is 3.31. The summed E-state index contributed by atoms with van der Waals surface area (Å²) in [7, 11) is 1.61. The average Bonchev–Trinajstić information content (AvgIpc) is 2.92. The molecule has 3 aromatic carbocycles. The second-order valence-corrected chi connectivity index (χ2v) is 7.91. The number of rotatable bonds is 13. The van der Waals surface area contributed by atoms with Crippen LogP contribution >= 0.6 is 0 Å². The quantitative estimate of drug-likeness (QED) is 0.293. The van der Waals surface area contributed by atoms with Gasteiger partial charge in [0.05, 0.1) is 20.3 Å². The van der Waals surface area contributed by atoms with Gasteiger partial charge in [-0.3, -0.25) is 9.59 Å². The Morgan fingerprint density at radius 2 is 1.55 bits per heavy atom. The summed E-state index contributed by atoms with van der Waals surface area (Å²) >= 11 is 0. The summed E-state index contributed by atoms with van der Waals surface area (Å²) < 4.78 is 40.0. The van der Waals surface area contributed by atoms with Crippen molar-refractivity contribution >= 4 is 17.9 Å². The molecule has 3 rings (SSSR count). The summed E-state index contributed by atoms with van der Waals surface area (Å²) in [4.78, 5) is 25.4. The summed E-state index contributed by atoms with van der Waals surface area (Å²) in [5, 5.41) is 14.0. The molecule has 8 nitrogen and oxygen atoms in total. The third kappa shape index (κ3) is 8.90. The van der Waals surface area contributed by atoms with E-state index in [1.54, 1.807) is 31.4 Å². The number of amides is 2. The smallest absolute Gasteiger partial charge is 0.387 e. The minimum Gasteiger partial charge on any atom is -0.497 e. The van der Waals surface area contributed by atoms with Crippen molar-refractivity contribution in [1.29, 1.82) is 0 Å². The Balaban J connectivity index is 1.63. The molecule has 0 unspecified atom stereocenters. The van der Waals surface area contributed by atoms with Crippen LogP contribution in [0.4, 0.5) is 8.78 Å². The number of alkyl halides is 2. The minimum atomic E-state index is -2.96. The van der Waals surface area contributed by atoms with E-state index in [4.69, 9.17) is 14.6 Å². The van der Waals surface area contributed by atoms with Gasteiger partial charge in [-0.2, -0.15) is 8.78 Å². The van der Waals surface area contributed by atoms with Crippen molar-refractivity contribution in [2.75, 3.05) is 26.9 Å². The molecule has 0 fully saturated rings. The van der Waals surface area contributed by atoms with Crippen molar-refractivity contribution in [2.45, 2.75) is 13.0 Å². The molecule has 0 aliphatic heterocycles. The zero-order valence-corrected chi connectivity index (χ0v) is 20.7. The average molecular weight is 527 g/mol. The number of aliphatic hydroxyl groups excluding tert-OH is 1. The van der Waals surface area contributed by atoms with Gasteiger partial charge in [0.2, 0.25) is 0 Å². The first kappa shape index (κ1) is 28.1. The lowest BCUT2D eigenvalue weighted by Gasteiger charge is -2.12. The molecule has 38 heavy (non-hydrogen) atoms. The normalized spacial score (nSPS) is 11.1. The van der Waals surface area contributed by atoms with E-state index in [1.165, 1.54) is 30.3 Å². The standard InChI is InChI=1S/C28H28F2N2O6/c1-36-22-8-2-19(3-9-22)14-17-37-23-12-6-21(7-13-23)26(34)32-25(27(35)31-15-16-33)18-20-4-10-24(11-5-20)38-28(29)30/h2-13,18,28,33H,14-17H2,1H3,(H,31,35)(H,32,34). The first-order valence-corrected chi connectivity index (χ1v) is 11.7. The third-order valence-electron chi connectivity index (χ3n) is 5.24. The Kier molecular flexibility index (Phi) is 10.6. The van der Waals surface area contributed by atoms with Crippen LogP contribution in [0.3, 0.4) is 0 Å². The Morgan fingerprint density at radius 3 is 2.16 bits per heavy atom. The lowest BCUT2D eigenvalue weighted by Crippen LogP contribution is -2.36. The number of hydrogen-bond donors (Lipinski definition) is 3. The van der Waals surface area contributed by atoms with Crippen LogP contribution in [0.5, 0.6) is 17.2 Å². The number of carbonyl (C=O) groups is 2. The van der Waals surface area contributed by atoms with Gasteiger partial charge in [0, 0.05) is 18.5 Å². The summed E-state index contributed by atoms with van der Waals surface area (Å²) in [5.74, 6) is 0.151. The van der Waals surface area contributed by atoms with Crippen molar-refractivity contribution < 1.29 is 37.7 Å². The highest BCUT2D eigenvalue weighted by Crippen LogP contribution is 2.18. The molecule has 3 aromatic rings. The number of nitrogens with one attached hydrogen (secondary N) is 2. The molecule has 3 N–H and O–H groups in total. The molecule has 0 atom stereocenters. The lowest BCUT2D eigenvalue weighted by molar-refractivity contribution is -0.117.